The molecule has 7 N–H and O–H groups in total. The lowest BCUT2D eigenvalue weighted by molar-refractivity contribution is -0.148. The summed E-state index contributed by atoms with van der Waals surface area (Å²) in [5, 5.41) is 49.0. The van der Waals surface area contributed by atoms with Crippen molar-refractivity contribution in [2.24, 2.45) is 23.5 Å². The van der Waals surface area contributed by atoms with Crippen LogP contribution in [-0.2, 0) is 20.8 Å². The van der Waals surface area contributed by atoms with Crippen molar-refractivity contribution in [1.82, 2.24) is 9.80 Å². The Hall–Kier alpha value is -3.65. The van der Waals surface area contributed by atoms with E-state index in [0.717, 1.165) is 32.4 Å². The second-order valence-electron chi connectivity index (χ2n) is 13.8. The lowest BCUT2D eigenvalue weighted by atomic mass is 9.58. The molecule has 0 radical (unpaired) electrons. The van der Waals surface area contributed by atoms with Crippen molar-refractivity contribution in [3.8, 4) is 5.75 Å². The van der Waals surface area contributed by atoms with Crippen LogP contribution < -0.4 is 16.0 Å². The fourth-order valence-corrected chi connectivity index (χ4v) is 8.59. The van der Waals surface area contributed by atoms with Crippen LogP contribution in [0.4, 0.5) is 11.4 Å². The quantitative estimate of drug-likeness (QED) is 0.184. The highest BCUT2D eigenvalue weighted by Crippen LogP contribution is 2.56. The van der Waals surface area contributed by atoms with Gasteiger partial charge in [0.25, 0.3) is 5.91 Å². The number of anilines is 2. The molecule has 5 atom stereocenters. The van der Waals surface area contributed by atoms with Gasteiger partial charge >= 0.3 is 0 Å². The maximum atomic E-state index is 14.4. The molecular weight excluding hydrogens is 618 g/mol. The van der Waals surface area contributed by atoms with Crippen LogP contribution in [0.1, 0.15) is 48.5 Å². The number of aliphatic hydroxyl groups is 3. The molecule has 5 aliphatic rings. The number of amides is 2. The number of rotatable bonds is 7. The van der Waals surface area contributed by atoms with Gasteiger partial charge in [-0.1, -0.05) is 11.6 Å². The van der Waals surface area contributed by atoms with Gasteiger partial charge in [-0.2, -0.15) is 0 Å². The fraction of sp³-hybridized carbons (Fsp3) is 0.562. The number of Topliss-reactive ketones (excluding diaryl/α,β-unsaturated/α-hetero) is 2. The van der Waals surface area contributed by atoms with E-state index >= 15 is 0 Å². The van der Waals surface area contributed by atoms with E-state index in [-0.39, 0.29) is 46.5 Å². The van der Waals surface area contributed by atoms with Gasteiger partial charge in [0.15, 0.2) is 17.1 Å². The van der Waals surface area contributed by atoms with Crippen LogP contribution in [-0.4, -0.2) is 112 Å². The highest BCUT2D eigenvalue weighted by atomic mass is 35.5. The Labute approximate surface area is 271 Å². The minimum absolute atomic E-state index is 0.0406. The number of nitrogens with one attached hydrogen (secondary N) is 1. The number of hydrogen-bond donors (Lipinski definition) is 6. The number of ketones is 2. The van der Waals surface area contributed by atoms with Gasteiger partial charge in [-0.3, -0.25) is 29.0 Å². The first-order valence-corrected chi connectivity index (χ1v) is 15.8. The second-order valence-corrected chi connectivity index (χ2v) is 14.2. The Balaban J connectivity index is 1.50. The molecule has 6 rings (SSSR count). The topological polar surface area (TPSA) is 197 Å². The maximum Gasteiger partial charge on any atom is 0.255 e. The summed E-state index contributed by atoms with van der Waals surface area (Å²) in [7, 11) is 6.56. The SMILES string of the molecule is CN(C)c1c(Cl)c(NC(=O)C(C)(C2CC2)N2CCC2)c(O)c2c1CC1CC3[C@H](N(C)C)C(O)=C(C(N)=O)C(=O)[C@@]3(O)C(O)=C1C2=O. The van der Waals surface area contributed by atoms with E-state index in [2.05, 4.69) is 10.2 Å². The van der Waals surface area contributed by atoms with E-state index in [1.54, 1.807) is 33.1 Å². The zero-order chi connectivity index (χ0) is 33.8. The summed E-state index contributed by atoms with van der Waals surface area (Å²) in [5.41, 5.74) is 1.06. The Morgan fingerprint density at radius 2 is 1.74 bits per heavy atom. The number of primary amides is 1. The number of aliphatic hydroxyl groups excluding tert-OH is 2. The van der Waals surface area contributed by atoms with Crippen LogP contribution >= 0.6 is 11.6 Å². The largest absolute Gasteiger partial charge is 0.510 e. The van der Waals surface area contributed by atoms with E-state index < -0.39 is 69.3 Å². The molecule has 2 amide bonds. The van der Waals surface area contributed by atoms with Crippen LogP contribution in [0.15, 0.2) is 22.7 Å². The van der Waals surface area contributed by atoms with Crippen LogP contribution in [0.5, 0.6) is 5.75 Å². The summed E-state index contributed by atoms with van der Waals surface area (Å²) in [4.78, 5) is 59.4. The molecule has 4 aliphatic carbocycles. The average molecular weight is 658 g/mol. The molecule has 0 aromatic heterocycles. The number of aromatic hydroxyl groups is 1. The minimum Gasteiger partial charge on any atom is -0.510 e. The molecule has 248 valence electrons. The summed E-state index contributed by atoms with van der Waals surface area (Å²) in [5.74, 6) is -7.77. The van der Waals surface area contributed by atoms with E-state index in [4.69, 9.17) is 17.3 Å². The third kappa shape index (κ3) is 4.24. The first kappa shape index (κ1) is 32.3. The molecule has 46 heavy (non-hydrogen) atoms. The number of likely N-dealkylation sites (tertiary alicyclic amines) is 1. The number of nitrogens with zero attached hydrogens (tertiary/aromatic N) is 3. The van der Waals surface area contributed by atoms with Crippen LogP contribution in [0.3, 0.4) is 0 Å². The summed E-state index contributed by atoms with van der Waals surface area (Å²) in [6, 6.07) is -1.10. The molecule has 1 aliphatic heterocycles. The molecular formula is C32H40ClN5O8. The molecule has 2 fully saturated rings. The highest BCUT2D eigenvalue weighted by Gasteiger charge is 2.63. The molecule has 1 saturated carbocycles. The van der Waals surface area contributed by atoms with Gasteiger partial charge in [0.1, 0.15) is 28.3 Å². The Bertz CT molecular complexity index is 1660. The Morgan fingerprint density at radius 3 is 2.24 bits per heavy atom. The molecule has 13 nitrogen and oxygen atoms in total. The molecule has 14 heteroatoms. The van der Waals surface area contributed by atoms with Gasteiger partial charge in [0.2, 0.25) is 11.7 Å². The number of phenols is 1. The number of nitrogens with two attached hydrogens (primary N) is 1. The number of likely N-dealkylation sites (N-methyl/N-ethyl adjacent to an activating group) is 1. The Kier molecular flexibility index (Phi) is 7.51. The molecule has 3 unspecified atom stereocenters. The van der Waals surface area contributed by atoms with E-state index in [1.165, 1.54) is 4.90 Å². The van der Waals surface area contributed by atoms with Crippen molar-refractivity contribution in [2.75, 3.05) is 51.5 Å². The van der Waals surface area contributed by atoms with Crippen molar-refractivity contribution in [3.63, 3.8) is 0 Å². The molecule has 1 saturated heterocycles. The number of allylic oxidation sites excluding steroid dienone is 1. The predicted octanol–water partition coefficient (Wildman–Crippen LogP) is 1.65. The van der Waals surface area contributed by atoms with Crippen molar-refractivity contribution in [1.29, 1.82) is 0 Å². The third-order valence-electron chi connectivity index (χ3n) is 10.8. The van der Waals surface area contributed by atoms with Crippen molar-refractivity contribution < 1.29 is 39.6 Å². The molecule has 0 bridgehead atoms. The van der Waals surface area contributed by atoms with E-state index in [1.807, 2.05) is 6.92 Å². The van der Waals surface area contributed by atoms with Gasteiger partial charge in [0, 0.05) is 38.7 Å². The zero-order valence-corrected chi connectivity index (χ0v) is 27.2. The number of hydrogen-bond acceptors (Lipinski definition) is 11. The summed E-state index contributed by atoms with van der Waals surface area (Å²) >= 11 is 6.92. The summed E-state index contributed by atoms with van der Waals surface area (Å²) in [6.07, 6.45) is 2.77. The van der Waals surface area contributed by atoms with Gasteiger partial charge in [-0.25, -0.2) is 0 Å². The number of halogens is 1. The number of benzene rings is 1. The normalized spacial score (nSPS) is 29.1. The first-order valence-electron chi connectivity index (χ1n) is 15.4. The number of carbonyl (C=O) groups is 4. The molecule has 1 aromatic rings. The summed E-state index contributed by atoms with van der Waals surface area (Å²) in [6.45, 7) is 3.41. The summed E-state index contributed by atoms with van der Waals surface area (Å²) < 4.78 is 0. The molecule has 1 heterocycles. The van der Waals surface area contributed by atoms with Gasteiger partial charge < -0.3 is 36.4 Å². The van der Waals surface area contributed by atoms with Crippen molar-refractivity contribution in [2.45, 2.75) is 56.2 Å². The predicted molar refractivity (Wildman–Crippen MR) is 169 cm³/mol. The number of fused-ring (bicyclic) bond motifs is 3. The maximum absolute atomic E-state index is 14.4. The monoisotopic (exact) mass is 657 g/mol. The average Bonchev–Trinajstić information content (AvgIpc) is 3.77. The molecule has 0 spiro atoms. The van der Waals surface area contributed by atoms with Crippen LogP contribution in [0.25, 0.3) is 0 Å². The number of carbonyl (C=O) groups excluding carboxylic acids is 4. The minimum atomic E-state index is -2.75. The van der Waals surface area contributed by atoms with Gasteiger partial charge in [-0.05, 0) is 70.5 Å². The number of phenolic OH excluding ortho intramolecular Hbond substituents is 1. The zero-order valence-electron chi connectivity index (χ0n) is 26.5. The molecule has 1 aromatic carbocycles. The van der Waals surface area contributed by atoms with Crippen molar-refractivity contribution in [3.05, 3.63) is 38.8 Å². The lowest BCUT2D eigenvalue weighted by Gasteiger charge is -2.50. The Morgan fingerprint density at radius 1 is 1.11 bits per heavy atom. The standard InChI is InChI=1S/C32H40ClN5O8/c1-31(14-7-8-14,38-9-6-10-38)30(45)35-21-20(33)22(36(2)3)15-11-13-12-16-23(37(4)5)26(41)19(29(34)44)28(43)32(16,46)27(42)17(13)24(39)18(15)25(21)40/h13-14,16,23,40-42,46H,6-12H2,1-5H3,(H2,34,44)(H,35,45)/t13?,16?,23-,31?,32-/m0/s1. The van der Waals surface area contributed by atoms with Crippen molar-refractivity contribution >= 4 is 46.4 Å². The van der Waals surface area contributed by atoms with Crippen LogP contribution in [0, 0.1) is 17.8 Å². The smallest absolute Gasteiger partial charge is 0.255 e. The fourth-order valence-electron chi connectivity index (χ4n) is 8.17. The van der Waals surface area contributed by atoms with Gasteiger partial charge in [-0.15, -0.1) is 0 Å². The highest BCUT2D eigenvalue weighted by molar-refractivity contribution is 6.38. The first-order chi connectivity index (χ1) is 21.5. The second kappa shape index (κ2) is 10.7. The van der Waals surface area contributed by atoms with Crippen LogP contribution in [0.2, 0.25) is 5.02 Å². The van der Waals surface area contributed by atoms with E-state index in [9.17, 15) is 39.6 Å². The van der Waals surface area contributed by atoms with E-state index in [0.29, 0.717) is 11.3 Å². The third-order valence-corrected chi connectivity index (χ3v) is 11.2. The lowest BCUT2D eigenvalue weighted by Crippen LogP contribution is -2.63. The van der Waals surface area contributed by atoms with Gasteiger partial charge in [0.05, 0.1) is 22.3 Å².